The van der Waals surface area contributed by atoms with Crippen LogP contribution in [-0.2, 0) is 0 Å². The van der Waals surface area contributed by atoms with Crippen molar-refractivity contribution in [1.29, 1.82) is 5.26 Å². The van der Waals surface area contributed by atoms with Crippen molar-refractivity contribution in [2.24, 2.45) is 11.7 Å². The molecule has 2 atom stereocenters. The predicted octanol–water partition coefficient (Wildman–Crippen LogP) is 2.73. The number of nitriles is 1. The topological polar surface area (TPSA) is 49.8 Å². The first-order valence-corrected chi connectivity index (χ1v) is 5.14. The number of benzene rings is 1. The fourth-order valence-corrected chi connectivity index (χ4v) is 1.76. The molecule has 3 heteroatoms. The van der Waals surface area contributed by atoms with Crippen molar-refractivity contribution in [3.8, 4) is 6.07 Å². The Labute approximate surface area is 102 Å². The van der Waals surface area contributed by atoms with E-state index in [0.29, 0.717) is 17.5 Å². The molecule has 1 aliphatic carbocycles. The first-order chi connectivity index (χ1) is 7.20. The summed E-state index contributed by atoms with van der Waals surface area (Å²) in [6, 6.07) is 10.1. The van der Waals surface area contributed by atoms with Gasteiger partial charge in [0.15, 0.2) is 0 Å². The summed E-state index contributed by atoms with van der Waals surface area (Å²) in [6.07, 6.45) is 3.26. The van der Waals surface area contributed by atoms with Crippen LogP contribution in [0, 0.1) is 17.2 Å². The summed E-state index contributed by atoms with van der Waals surface area (Å²) in [5.74, 6) is 0.570. The zero-order chi connectivity index (χ0) is 10.8. The van der Waals surface area contributed by atoms with Crippen LogP contribution in [0.4, 0.5) is 0 Å². The van der Waals surface area contributed by atoms with Crippen molar-refractivity contribution in [2.75, 3.05) is 0 Å². The summed E-state index contributed by atoms with van der Waals surface area (Å²) >= 11 is 0. The highest BCUT2D eigenvalue weighted by Crippen LogP contribution is 2.35. The van der Waals surface area contributed by atoms with Gasteiger partial charge in [-0.2, -0.15) is 5.26 Å². The molecular formula is C13H15ClN2. The lowest BCUT2D eigenvalue weighted by molar-refractivity contribution is 0.924. The molecule has 2 nitrogen and oxygen atoms in total. The number of hydrogen-bond acceptors (Lipinski definition) is 2. The van der Waals surface area contributed by atoms with Gasteiger partial charge in [-0.15, -0.1) is 12.4 Å². The number of halogens is 1. The summed E-state index contributed by atoms with van der Waals surface area (Å²) in [5.41, 5.74) is 8.97. The average Bonchev–Trinajstić information content (AvgIpc) is 2.97. The fourth-order valence-electron chi connectivity index (χ4n) is 1.76. The fraction of sp³-hybridized carbons (Fsp3) is 0.308. The summed E-state index contributed by atoms with van der Waals surface area (Å²) in [5, 5.41) is 8.66. The molecule has 1 aliphatic rings. The Balaban J connectivity index is 0.00000128. The average molecular weight is 235 g/mol. The lowest BCUT2D eigenvalue weighted by Gasteiger charge is -1.99. The molecule has 0 bridgehead atoms. The molecule has 0 amide bonds. The lowest BCUT2D eigenvalue weighted by atomic mass is 10.1. The van der Waals surface area contributed by atoms with E-state index in [1.807, 2.05) is 24.3 Å². The predicted molar refractivity (Wildman–Crippen MR) is 68.1 cm³/mol. The minimum atomic E-state index is 0. The molecule has 84 valence electrons. The zero-order valence-corrected chi connectivity index (χ0v) is 10.00. The van der Waals surface area contributed by atoms with Crippen LogP contribution in [0.15, 0.2) is 29.8 Å². The van der Waals surface area contributed by atoms with Crippen molar-refractivity contribution in [1.82, 2.24) is 0 Å². The molecule has 2 N–H and O–H groups in total. The van der Waals surface area contributed by atoms with Crippen LogP contribution in [0.25, 0.3) is 6.08 Å². The smallest absolute Gasteiger partial charge is 0.0991 e. The van der Waals surface area contributed by atoms with Crippen LogP contribution in [0.5, 0.6) is 0 Å². The van der Waals surface area contributed by atoms with Crippen molar-refractivity contribution < 1.29 is 0 Å². The van der Waals surface area contributed by atoms with Gasteiger partial charge in [0, 0.05) is 6.04 Å². The van der Waals surface area contributed by atoms with E-state index in [0.717, 1.165) is 12.0 Å². The Kier molecular flexibility index (Phi) is 4.12. The highest BCUT2D eigenvalue weighted by molar-refractivity contribution is 5.85. The van der Waals surface area contributed by atoms with E-state index in [1.54, 1.807) is 0 Å². The number of nitrogens with two attached hydrogens (primary N) is 1. The normalized spacial score (nSPS) is 23.2. The van der Waals surface area contributed by atoms with E-state index < -0.39 is 0 Å². The summed E-state index contributed by atoms with van der Waals surface area (Å²) in [4.78, 5) is 0. The maximum atomic E-state index is 8.66. The lowest BCUT2D eigenvalue weighted by Crippen LogP contribution is -2.02. The third-order valence-corrected chi connectivity index (χ3v) is 2.86. The Morgan fingerprint density at radius 2 is 2.00 bits per heavy atom. The van der Waals surface area contributed by atoms with Crippen LogP contribution >= 0.6 is 12.4 Å². The maximum absolute atomic E-state index is 8.66. The van der Waals surface area contributed by atoms with Gasteiger partial charge in [-0.25, -0.2) is 0 Å². The minimum Gasteiger partial charge on any atom is -0.327 e. The van der Waals surface area contributed by atoms with Gasteiger partial charge in [0.25, 0.3) is 0 Å². The third-order valence-electron chi connectivity index (χ3n) is 2.86. The summed E-state index contributed by atoms with van der Waals surface area (Å²) in [7, 11) is 0. The molecule has 0 heterocycles. The summed E-state index contributed by atoms with van der Waals surface area (Å²) < 4.78 is 0. The van der Waals surface area contributed by atoms with Crippen molar-refractivity contribution in [3.63, 3.8) is 0 Å². The van der Waals surface area contributed by atoms with Gasteiger partial charge in [-0.3, -0.25) is 0 Å². The van der Waals surface area contributed by atoms with E-state index in [9.17, 15) is 0 Å². The molecule has 0 radical (unpaired) electrons. The number of rotatable bonds is 2. The van der Waals surface area contributed by atoms with Crippen LogP contribution in [-0.4, -0.2) is 6.04 Å². The molecular weight excluding hydrogens is 220 g/mol. The van der Waals surface area contributed by atoms with E-state index in [2.05, 4.69) is 19.1 Å². The molecule has 16 heavy (non-hydrogen) atoms. The van der Waals surface area contributed by atoms with Crippen LogP contribution in [0.1, 0.15) is 24.5 Å². The Morgan fingerprint density at radius 1 is 1.44 bits per heavy atom. The first kappa shape index (κ1) is 12.8. The molecule has 1 saturated carbocycles. The third kappa shape index (κ3) is 2.85. The Morgan fingerprint density at radius 3 is 2.44 bits per heavy atom. The van der Waals surface area contributed by atoms with Crippen LogP contribution < -0.4 is 5.73 Å². The van der Waals surface area contributed by atoms with Gasteiger partial charge < -0.3 is 5.73 Å². The monoisotopic (exact) mass is 234 g/mol. The largest absolute Gasteiger partial charge is 0.327 e. The van der Waals surface area contributed by atoms with E-state index in [1.165, 1.54) is 5.57 Å². The van der Waals surface area contributed by atoms with Crippen molar-refractivity contribution >= 4 is 18.5 Å². The Bertz CT molecular complexity index is 428. The molecule has 0 spiro atoms. The highest BCUT2D eigenvalue weighted by Gasteiger charge is 2.34. The molecule has 2 unspecified atom stereocenters. The highest BCUT2D eigenvalue weighted by atomic mass is 35.5. The zero-order valence-electron chi connectivity index (χ0n) is 9.18. The van der Waals surface area contributed by atoms with E-state index in [4.69, 9.17) is 11.0 Å². The van der Waals surface area contributed by atoms with Crippen LogP contribution in [0.2, 0.25) is 0 Å². The second-order valence-corrected chi connectivity index (χ2v) is 4.13. The molecule has 1 aromatic rings. The quantitative estimate of drug-likeness (QED) is 0.856. The van der Waals surface area contributed by atoms with Gasteiger partial charge in [0.05, 0.1) is 11.6 Å². The molecule has 2 rings (SSSR count). The first-order valence-electron chi connectivity index (χ1n) is 5.14. The molecule has 0 saturated heterocycles. The van der Waals surface area contributed by atoms with Gasteiger partial charge in [-0.1, -0.05) is 23.8 Å². The van der Waals surface area contributed by atoms with Gasteiger partial charge in [-0.05, 0) is 37.0 Å². The molecule has 1 aromatic carbocycles. The van der Waals surface area contributed by atoms with Crippen molar-refractivity contribution in [3.05, 3.63) is 41.0 Å². The van der Waals surface area contributed by atoms with Gasteiger partial charge in [0.2, 0.25) is 0 Å². The summed E-state index contributed by atoms with van der Waals surface area (Å²) in [6.45, 7) is 2.12. The van der Waals surface area contributed by atoms with E-state index in [-0.39, 0.29) is 12.4 Å². The minimum absolute atomic E-state index is 0. The second-order valence-electron chi connectivity index (χ2n) is 4.13. The number of hydrogen-bond donors (Lipinski definition) is 1. The number of nitrogens with zero attached hydrogens (tertiary/aromatic N) is 1. The second kappa shape index (κ2) is 5.16. The molecule has 1 fully saturated rings. The maximum Gasteiger partial charge on any atom is 0.0991 e. The van der Waals surface area contributed by atoms with Gasteiger partial charge >= 0.3 is 0 Å². The molecule has 0 aliphatic heterocycles. The van der Waals surface area contributed by atoms with Crippen molar-refractivity contribution in [2.45, 2.75) is 19.4 Å². The van der Waals surface area contributed by atoms with E-state index >= 15 is 0 Å². The van der Waals surface area contributed by atoms with Crippen LogP contribution in [0.3, 0.4) is 0 Å². The Hall–Kier alpha value is -1.30. The standard InChI is InChI=1S/C13H14N2.ClH/c1-9(12-7-13(12)15)6-10-2-4-11(8-14)5-3-10;/h2-6,12-13H,7,15H2,1H3;1H/b9-6+;. The van der Waals surface area contributed by atoms with Gasteiger partial charge in [0.1, 0.15) is 0 Å². The molecule has 0 aromatic heterocycles. The SMILES string of the molecule is C/C(=C\c1ccc(C#N)cc1)C1CC1N.Cl.